The molecule has 0 radical (unpaired) electrons. The summed E-state index contributed by atoms with van der Waals surface area (Å²) in [4.78, 5) is 14.0. The molecule has 24 heavy (non-hydrogen) atoms. The number of aryl methyl sites for hydroxylation is 1. The van der Waals surface area contributed by atoms with Crippen LogP contribution in [0.5, 0.6) is 5.75 Å². The number of carbonyl (C=O) groups excluding carboxylic acids is 1. The SMILES string of the molecule is CCC1COc2cc(C(=O)NO)ccc2CN1c1ccccc1C. The molecule has 1 atom stereocenters. The van der Waals surface area contributed by atoms with E-state index in [1.807, 2.05) is 12.1 Å². The smallest absolute Gasteiger partial charge is 0.274 e. The molecule has 0 saturated carbocycles. The largest absolute Gasteiger partial charge is 0.491 e. The van der Waals surface area contributed by atoms with E-state index in [0.29, 0.717) is 17.9 Å². The molecule has 0 spiro atoms. The lowest BCUT2D eigenvalue weighted by Gasteiger charge is -2.31. The molecule has 0 saturated heterocycles. The number of fused-ring (bicyclic) bond motifs is 1. The number of amides is 1. The van der Waals surface area contributed by atoms with Crippen molar-refractivity contribution in [2.75, 3.05) is 11.5 Å². The van der Waals surface area contributed by atoms with Crippen LogP contribution in [0.4, 0.5) is 5.69 Å². The zero-order chi connectivity index (χ0) is 17.1. The lowest BCUT2D eigenvalue weighted by atomic mass is 10.1. The highest BCUT2D eigenvalue weighted by molar-refractivity contribution is 5.93. The third kappa shape index (κ3) is 3.08. The fourth-order valence-corrected chi connectivity index (χ4v) is 3.12. The molecule has 2 aromatic rings. The number of ether oxygens (including phenoxy) is 1. The van der Waals surface area contributed by atoms with Crippen LogP contribution in [0.25, 0.3) is 0 Å². The molecule has 0 fully saturated rings. The van der Waals surface area contributed by atoms with Crippen molar-refractivity contribution in [2.45, 2.75) is 32.9 Å². The van der Waals surface area contributed by atoms with Crippen LogP contribution < -0.4 is 15.1 Å². The van der Waals surface area contributed by atoms with Crippen LogP contribution in [0.3, 0.4) is 0 Å². The van der Waals surface area contributed by atoms with Crippen molar-refractivity contribution in [1.29, 1.82) is 0 Å². The summed E-state index contributed by atoms with van der Waals surface area (Å²) in [6, 6.07) is 13.9. The van der Waals surface area contributed by atoms with Gasteiger partial charge in [0.25, 0.3) is 5.91 Å². The molecule has 1 amide bonds. The summed E-state index contributed by atoms with van der Waals surface area (Å²) in [5, 5.41) is 8.80. The molecule has 1 aliphatic heterocycles. The van der Waals surface area contributed by atoms with E-state index in [1.165, 1.54) is 11.3 Å². The van der Waals surface area contributed by atoms with Gasteiger partial charge in [-0.25, -0.2) is 5.48 Å². The molecule has 2 aromatic carbocycles. The van der Waals surface area contributed by atoms with Crippen molar-refractivity contribution >= 4 is 11.6 Å². The third-order valence-corrected chi connectivity index (χ3v) is 4.54. The van der Waals surface area contributed by atoms with Gasteiger partial charge in [0.1, 0.15) is 12.4 Å². The van der Waals surface area contributed by atoms with E-state index in [-0.39, 0.29) is 6.04 Å². The molecule has 1 unspecified atom stereocenters. The predicted octanol–water partition coefficient (Wildman–Crippen LogP) is 3.29. The van der Waals surface area contributed by atoms with Crippen molar-refractivity contribution in [3.63, 3.8) is 0 Å². The number of benzene rings is 2. The van der Waals surface area contributed by atoms with Crippen molar-refractivity contribution < 1.29 is 14.7 Å². The topological polar surface area (TPSA) is 61.8 Å². The Kier molecular flexibility index (Phi) is 4.71. The van der Waals surface area contributed by atoms with Crippen LogP contribution in [-0.4, -0.2) is 23.8 Å². The van der Waals surface area contributed by atoms with Gasteiger partial charge >= 0.3 is 0 Å². The molecule has 3 rings (SSSR count). The Morgan fingerprint density at radius 3 is 2.83 bits per heavy atom. The summed E-state index contributed by atoms with van der Waals surface area (Å²) in [6.07, 6.45) is 0.965. The summed E-state index contributed by atoms with van der Waals surface area (Å²) < 4.78 is 5.98. The van der Waals surface area contributed by atoms with Gasteiger partial charge in [-0.05, 0) is 37.1 Å². The standard InChI is InChI=1S/C19H22N2O3/c1-3-16-12-24-18-10-14(19(22)20-23)8-9-15(18)11-21(16)17-7-5-4-6-13(17)2/h4-10,16,23H,3,11-12H2,1-2H3,(H,20,22). The molecule has 5 nitrogen and oxygen atoms in total. The van der Waals surface area contributed by atoms with E-state index >= 15 is 0 Å². The number of para-hydroxylation sites is 1. The van der Waals surface area contributed by atoms with Gasteiger partial charge in [0.05, 0.1) is 6.04 Å². The molecule has 126 valence electrons. The van der Waals surface area contributed by atoms with Gasteiger partial charge in [-0.1, -0.05) is 31.2 Å². The first-order valence-corrected chi connectivity index (χ1v) is 8.16. The van der Waals surface area contributed by atoms with E-state index in [4.69, 9.17) is 9.94 Å². The van der Waals surface area contributed by atoms with Gasteiger partial charge < -0.3 is 9.64 Å². The summed E-state index contributed by atoms with van der Waals surface area (Å²) in [5.41, 5.74) is 5.51. The quantitative estimate of drug-likeness (QED) is 0.671. The Hall–Kier alpha value is -2.53. The van der Waals surface area contributed by atoms with Crippen LogP contribution in [0.2, 0.25) is 0 Å². The average Bonchev–Trinajstić information content (AvgIpc) is 2.80. The first-order valence-electron chi connectivity index (χ1n) is 8.16. The summed E-state index contributed by atoms with van der Waals surface area (Å²) in [5.74, 6) is 0.166. The van der Waals surface area contributed by atoms with Crippen molar-refractivity contribution in [3.8, 4) is 5.75 Å². The summed E-state index contributed by atoms with van der Waals surface area (Å²) in [6.45, 7) is 5.55. The number of hydrogen-bond acceptors (Lipinski definition) is 4. The van der Waals surface area contributed by atoms with Gasteiger partial charge in [0.2, 0.25) is 0 Å². The molecular weight excluding hydrogens is 304 g/mol. The monoisotopic (exact) mass is 326 g/mol. The molecular formula is C19H22N2O3. The fraction of sp³-hybridized carbons (Fsp3) is 0.316. The minimum atomic E-state index is -0.534. The van der Waals surface area contributed by atoms with Crippen LogP contribution in [0, 0.1) is 6.92 Å². The van der Waals surface area contributed by atoms with E-state index < -0.39 is 5.91 Å². The second-order valence-corrected chi connectivity index (χ2v) is 6.05. The molecule has 2 N–H and O–H groups in total. The maximum atomic E-state index is 11.6. The Labute approximate surface area is 141 Å². The van der Waals surface area contributed by atoms with Crippen LogP contribution in [0.15, 0.2) is 42.5 Å². The number of nitrogens with one attached hydrogen (secondary N) is 1. The molecule has 0 bridgehead atoms. The Balaban J connectivity index is 1.98. The number of hydroxylamine groups is 1. The Morgan fingerprint density at radius 1 is 1.33 bits per heavy atom. The van der Waals surface area contributed by atoms with Gasteiger partial charge in [-0.3, -0.25) is 10.0 Å². The second-order valence-electron chi connectivity index (χ2n) is 6.05. The minimum absolute atomic E-state index is 0.258. The number of nitrogens with zero attached hydrogens (tertiary/aromatic N) is 1. The number of hydrogen-bond donors (Lipinski definition) is 2. The number of rotatable bonds is 3. The fourth-order valence-electron chi connectivity index (χ4n) is 3.12. The highest BCUT2D eigenvalue weighted by Crippen LogP contribution is 2.32. The maximum Gasteiger partial charge on any atom is 0.274 e. The minimum Gasteiger partial charge on any atom is -0.491 e. The highest BCUT2D eigenvalue weighted by atomic mass is 16.5. The summed E-state index contributed by atoms with van der Waals surface area (Å²) in [7, 11) is 0. The van der Waals surface area contributed by atoms with E-state index in [9.17, 15) is 4.79 Å². The highest BCUT2D eigenvalue weighted by Gasteiger charge is 2.25. The molecule has 0 aromatic heterocycles. The number of anilines is 1. The molecule has 1 heterocycles. The van der Waals surface area contributed by atoms with Gasteiger partial charge in [-0.15, -0.1) is 0 Å². The zero-order valence-electron chi connectivity index (χ0n) is 14.0. The van der Waals surface area contributed by atoms with Crippen molar-refractivity contribution in [2.24, 2.45) is 0 Å². The van der Waals surface area contributed by atoms with Crippen LogP contribution in [-0.2, 0) is 6.54 Å². The van der Waals surface area contributed by atoms with Gasteiger partial charge in [-0.2, -0.15) is 0 Å². The zero-order valence-corrected chi connectivity index (χ0v) is 14.0. The first-order chi connectivity index (χ1) is 11.6. The average molecular weight is 326 g/mol. The molecule has 1 aliphatic rings. The number of carbonyl (C=O) groups is 1. The lowest BCUT2D eigenvalue weighted by molar-refractivity contribution is 0.0706. The Morgan fingerprint density at radius 2 is 2.12 bits per heavy atom. The predicted molar refractivity (Wildman–Crippen MR) is 92.6 cm³/mol. The normalized spacial score (nSPS) is 16.8. The first kappa shape index (κ1) is 16.3. The van der Waals surface area contributed by atoms with Crippen molar-refractivity contribution in [3.05, 3.63) is 59.2 Å². The van der Waals surface area contributed by atoms with E-state index in [1.54, 1.807) is 17.6 Å². The maximum absolute atomic E-state index is 11.6. The van der Waals surface area contributed by atoms with Gasteiger partial charge in [0.15, 0.2) is 0 Å². The van der Waals surface area contributed by atoms with Crippen LogP contribution >= 0.6 is 0 Å². The second kappa shape index (κ2) is 6.93. The lowest BCUT2D eigenvalue weighted by Crippen LogP contribution is -2.37. The molecule has 0 aliphatic carbocycles. The van der Waals surface area contributed by atoms with E-state index in [0.717, 1.165) is 18.5 Å². The molecule has 5 heteroatoms. The third-order valence-electron chi connectivity index (χ3n) is 4.54. The van der Waals surface area contributed by atoms with Gasteiger partial charge in [0, 0.05) is 23.4 Å². The van der Waals surface area contributed by atoms with E-state index in [2.05, 4.69) is 36.9 Å². The Bertz CT molecular complexity index is 745. The summed E-state index contributed by atoms with van der Waals surface area (Å²) >= 11 is 0. The van der Waals surface area contributed by atoms with Crippen LogP contribution in [0.1, 0.15) is 34.8 Å². The van der Waals surface area contributed by atoms with Crippen molar-refractivity contribution in [1.82, 2.24) is 5.48 Å².